The van der Waals surface area contributed by atoms with E-state index in [1.165, 1.54) is 12.1 Å². The summed E-state index contributed by atoms with van der Waals surface area (Å²) >= 11 is 0. The molecule has 5 heteroatoms. The summed E-state index contributed by atoms with van der Waals surface area (Å²) < 4.78 is 40.6. The second kappa shape index (κ2) is 5.82. The minimum absolute atomic E-state index is 0.132. The summed E-state index contributed by atoms with van der Waals surface area (Å²) in [5.74, 6) is 0.142. The summed E-state index contributed by atoms with van der Waals surface area (Å²) in [5.41, 5.74) is 0.921. The second-order valence-electron chi connectivity index (χ2n) is 4.82. The largest absolute Gasteiger partial charge is 0.573 e. The van der Waals surface area contributed by atoms with Gasteiger partial charge in [-0.2, -0.15) is 0 Å². The maximum Gasteiger partial charge on any atom is 0.573 e. The Kier molecular flexibility index (Phi) is 4.34. The number of ether oxygens (including phenoxy) is 1. The Morgan fingerprint density at radius 2 is 2.11 bits per heavy atom. The smallest absolute Gasteiger partial charge is 0.406 e. The lowest BCUT2D eigenvalue weighted by atomic mass is 9.94. The van der Waals surface area contributed by atoms with Crippen LogP contribution in [-0.2, 0) is 0 Å². The monoisotopic (exact) mass is 273 g/mol. The van der Waals surface area contributed by atoms with E-state index in [9.17, 15) is 13.2 Å². The summed E-state index contributed by atoms with van der Waals surface area (Å²) in [5, 5.41) is 3.40. The minimum Gasteiger partial charge on any atom is -0.406 e. The van der Waals surface area contributed by atoms with Crippen LogP contribution in [0.15, 0.2) is 24.3 Å². The van der Waals surface area contributed by atoms with Crippen molar-refractivity contribution in [2.24, 2.45) is 0 Å². The van der Waals surface area contributed by atoms with Crippen molar-refractivity contribution in [2.75, 3.05) is 6.54 Å². The molecule has 2 atom stereocenters. The number of nitrogens with one attached hydrogen (secondary N) is 1. The summed E-state index contributed by atoms with van der Waals surface area (Å²) in [6.07, 6.45) is -1.45. The predicted molar refractivity (Wildman–Crippen MR) is 67.2 cm³/mol. The standard InChI is InChI=1S/C14H18F3NO/c1-2-18-13-8-4-7-12(13)10-5-3-6-11(9-10)19-14(15,16)17/h3,5-6,9,12-13,18H,2,4,7-8H2,1H3. The van der Waals surface area contributed by atoms with Crippen molar-refractivity contribution in [1.29, 1.82) is 0 Å². The van der Waals surface area contributed by atoms with Gasteiger partial charge in [0.25, 0.3) is 0 Å². The van der Waals surface area contributed by atoms with Crippen LogP contribution < -0.4 is 10.1 Å². The number of likely N-dealkylation sites (N-methyl/N-ethyl adjacent to an activating group) is 1. The molecule has 0 amide bonds. The van der Waals surface area contributed by atoms with E-state index in [-0.39, 0.29) is 11.7 Å². The van der Waals surface area contributed by atoms with Gasteiger partial charge >= 0.3 is 6.36 Å². The zero-order valence-corrected chi connectivity index (χ0v) is 10.8. The molecule has 1 saturated carbocycles. The van der Waals surface area contributed by atoms with Gasteiger partial charge in [0.15, 0.2) is 0 Å². The molecule has 106 valence electrons. The Morgan fingerprint density at radius 1 is 1.32 bits per heavy atom. The Morgan fingerprint density at radius 3 is 2.79 bits per heavy atom. The molecule has 2 nitrogen and oxygen atoms in total. The molecule has 0 heterocycles. The average molecular weight is 273 g/mol. The lowest BCUT2D eigenvalue weighted by Crippen LogP contribution is -2.30. The van der Waals surface area contributed by atoms with Crippen molar-refractivity contribution in [3.8, 4) is 5.75 Å². The Hall–Kier alpha value is -1.23. The first-order chi connectivity index (χ1) is 8.99. The Labute approximate surface area is 111 Å². The van der Waals surface area contributed by atoms with E-state index >= 15 is 0 Å². The van der Waals surface area contributed by atoms with Gasteiger partial charge in [-0.1, -0.05) is 25.5 Å². The molecule has 0 aromatic heterocycles. The fraction of sp³-hybridized carbons (Fsp3) is 0.571. The van der Waals surface area contributed by atoms with Crippen molar-refractivity contribution in [3.63, 3.8) is 0 Å². The molecule has 1 aromatic carbocycles. The third-order valence-corrected chi connectivity index (χ3v) is 3.50. The predicted octanol–water partition coefficient (Wildman–Crippen LogP) is 3.83. The van der Waals surface area contributed by atoms with E-state index in [4.69, 9.17) is 0 Å². The molecule has 0 spiro atoms. The maximum atomic E-state index is 12.2. The van der Waals surface area contributed by atoms with Crippen molar-refractivity contribution >= 4 is 0 Å². The SMILES string of the molecule is CCNC1CCCC1c1cccc(OC(F)(F)F)c1. The molecule has 1 aliphatic rings. The van der Waals surface area contributed by atoms with Gasteiger partial charge < -0.3 is 10.1 Å². The number of halogens is 3. The average Bonchev–Trinajstić information content (AvgIpc) is 2.76. The molecule has 2 unspecified atom stereocenters. The van der Waals surface area contributed by atoms with Crippen LogP contribution in [0, 0.1) is 0 Å². The maximum absolute atomic E-state index is 12.2. The molecule has 19 heavy (non-hydrogen) atoms. The van der Waals surface area contributed by atoms with Crippen molar-refractivity contribution in [2.45, 2.75) is 44.5 Å². The number of alkyl halides is 3. The molecule has 1 fully saturated rings. The summed E-state index contributed by atoms with van der Waals surface area (Å²) in [6.45, 7) is 2.92. The minimum atomic E-state index is -4.63. The fourth-order valence-corrected chi connectivity index (χ4v) is 2.81. The third-order valence-electron chi connectivity index (χ3n) is 3.50. The van der Waals surface area contributed by atoms with Crippen LogP contribution in [0.2, 0.25) is 0 Å². The molecule has 1 aliphatic carbocycles. The van der Waals surface area contributed by atoms with Gasteiger partial charge in [-0.3, -0.25) is 0 Å². The highest BCUT2D eigenvalue weighted by molar-refractivity contribution is 5.32. The van der Waals surface area contributed by atoms with Crippen LogP contribution in [0.5, 0.6) is 5.75 Å². The first-order valence-electron chi connectivity index (χ1n) is 6.58. The van der Waals surface area contributed by atoms with E-state index < -0.39 is 6.36 Å². The summed E-state index contributed by atoms with van der Waals surface area (Å²) in [6, 6.07) is 6.70. The van der Waals surface area contributed by atoms with E-state index in [1.54, 1.807) is 6.07 Å². The van der Waals surface area contributed by atoms with Gasteiger partial charge in [-0.15, -0.1) is 13.2 Å². The topological polar surface area (TPSA) is 21.3 Å². The molecule has 1 aromatic rings. The van der Waals surface area contributed by atoms with Gasteiger partial charge in [0.2, 0.25) is 0 Å². The van der Waals surface area contributed by atoms with Crippen LogP contribution >= 0.6 is 0 Å². The summed E-state index contributed by atoms with van der Waals surface area (Å²) in [7, 11) is 0. The Balaban J connectivity index is 2.14. The first kappa shape index (κ1) is 14.2. The highest BCUT2D eigenvalue weighted by Gasteiger charge is 2.32. The molecular formula is C14H18F3NO. The summed E-state index contributed by atoms with van der Waals surface area (Å²) in [4.78, 5) is 0. The Bertz CT molecular complexity index is 419. The van der Waals surface area contributed by atoms with Gasteiger partial charge in [0, 0.05) is 6.04 Å². The zero-order chi connectivity index (χ0) is 13.9. The normalized spacial score (nSPS) is 23.6. The molecule has 0 radical (unpaired) electrons. The zero-order valence-electron chi connectivity index (χ0n) is 10.8. The quantitative estimate of drug-likeness (QED) is 0.900. The van der Waals surface area contributed by atoms with E-state index in [1.807, 2.05) is 13.0 Å². The highest BCUT2D eigenvalue weighted by Crippen LogP contribution is 2.36. The van der Waals surface area contributed by atoms with Crippen LogP contribution in [0.25, 0.3) is 0 Å². The molecular weight excluding hydrogens is 255 g/mol. The van der Waals surface area contributed by atoms with Crippen LogP contribution in [0.3, 0.4) is 0 Å². The van der Waals surface area contributed by atoms with E-state index in [0.717, 1.165) is 31.4 Å². The van der Waals surface area contributed by atoms with Gasteiger partial charge in [-0.05, 0) is 43.0 Å². The molecule has 0 saturated heterocycles. The van der Waals surface area contributed by atoms with Crippen molar-refractivity contribution in [3.05, 3.63) is 29.8 Å². The van der Waals surface area contributed by atoms with Crippen molar-refractivity contribution in [1.82, 2.24) is 5.32 Å². The fourth-order valence-electron chi connectivity index (χ4n) is 2.81. The van der Waals surface area contributed by atoms with Crippen LogP contribution in [0.4, 0.5) is 13.2 Å². The third kappa shape index (κ3) is 3.86. The van der Waals surface area contributed by atoms with E-state index in [0.29, 0.717) is 6.04 Å². The lowest BCUT2D eigenvalue weighted by molar-refractivity contribution is -0.274. The number of hydrogen-bond donors (Lipinski definition) is 1. The number of rotatable bonds is 4. The molecule has 2 rings (SSSR count). The van der Waals surface area contributed by atoms with E-state index in [2.05, 4.69) is 10.1 Å². The number of benzene rings is 1. The molecule has 0 aliphatic heterocycles. The van der Waals surface area contributed by atoms with Crippen LogP contribution in [0.1, 0.15) is 37.7 Å². The van der Waals surface area contributed by atoms with Crippen molar-refractivity contribution < 1.29 is 17.9 Å². The number of hydrogen-bond acceptors (Lipinski definition) is 2. The first-order valence-corrected chi connectivity index (χ1v) is 6.58. The molecule has 0 bridgehead atoms. The van der Waals surface area contributed by atoms with Gasteiger partial charge in [-0.25, -0.2) is 0 Å². The van der Waals surface area contributed by atoms with Gasteiger partial charge in [0.1, 0.15) is 5.75 Å². The second-order valence-corrected chi connectivity index (χ2v) is 4.82. The van der Waals surface area contributed by atoms with Crippen LogP contribution in [-0.4, -0.2) is 18.9 Å². The lowest BCUT2D eigenvalue weighted by Gasteiger charge is -2.21. The highest BCUT2D eigenvalue weighted by atomic mass is 19.4. The van der Waals surface area contributed by atoms with Gasteiger partial charge in [0.05, 0.1) is 0 Å². The molecule has 1 N–H and O–H groups in total.